The Labute approximate surface area is 80.3 Å². The summed E-state index contributed by atoms with van der Waals surface area (Å²) < 4.78 is 5.40. The van der Waals surface area contributed by atoms with Crippen LogP contribution in [-0.4, -0.2) is 29.5 Å². The third-order valence-corrected chi connectivity index (χ3v) is 2.80. The highest BCUT2D eigenvalue weighted by Crippen LogP contribution is 2.31. The van der Waals surface area contributed by atoms with Gasteiger partial charge in [-0.3, -0.25) is 0 Å². The normalized spacial score (nSPS) is 34.4. The topological polar surface area (TPSA) is 55.5 Å². The van der Waals surface area contributed by atoms with Crippen LogP contribution in [-0.2, 0) is 4.74 Å². The van der Waals surface area contributed by atoms with Gasteiger partial charge in [0.2, 0.25) is 0 Å². The van der Waals surface area contributed by atoms with Crippen molar-refractivity contribution in [1.82, 2.24) is 0 Å². The van der Waals surface area contributed by atoms with Crippen molar-refractivity contribution in [3.63, 3.8) is 0 Å². The molecule has 1 rings (SSSR count). The SMILES string of the molecule is CC(C)OCCC1(O)CCCC1N. The molecule has 0 aromatic carbocycles. The van der Waals surface area contributed by atoms with Gasteiger partial charge in [-0.1, -0.05) is 0 Å². The molecule has 3 N–H and O–H groups in total. The van der Waals surface area contributed by atoms with Crippen molar-refractivity contribution < 1.29 is 9.84 Å². The Balaban J connectivity index is 2.26. The summed E-state index contributed by atoms with van der Waals surface area (Å²) in [5.74, 6) is 0. The molecule has 3 heteroatoms. The molecule has 78 valence electrons. The van der Waals surface area contributed by atoms with E-state index >= 15 is 0 Å². The van der Waals surface area contributed by atoms with Gasteiger partial charge in [0.15, 0.2) is 0 Å². The Morgan fingerprint density at radius 1 is 1.62 bits per heavy atom. The molecule has 1 aliphatic rings. The molecule has 13 heavy (non-hydrogen) atoms. The van der Waals surface area contributed by atoms with E-state index in [2.05, 4.69) is 0 Å². The smallest absolute Gasteiger partial charge is 0.0819 e. The lowest BCUT2D eigenvalue weighted by Crippen LogP contribution is -2.44. The van der Waals surface area contributed by atoms with E-state index < -0.39 is 5.60 Å². The molecule has 0 radical (unpaired) electrons. The van der Waals surface area contributed by atoms with Crippen LogP contribution in [0.2, 0.25) is 0 Å². The molecule has 1 saturated carbocycles. The summed E-state index contributed by atoms with van der Waals surface area (Å²) in [6, 6.07) is -0.0525. The van der Waals surface area contributed by atoms with Crippen molar-refractivity contribution in [2.45, 2.75) is 57.3 Å². The van der Waals surface area contributed by atoms with Crippen LogP contribution >= 0.6 is 0 Å². The highest BCUT2D eigenvalue weighted by molar-refractivity contribution is 4.94. The number of hydrogen-bond acceptors (Lipinski definition) is 3. The summed E-state index contributed by atoms with van der Waals surface area (Å²) in [5, 5.41) is 10.1. The average molecular weight is 187 g/mol. The summed E-state index contributed by atoms with van der Waals surface area (Å²) >= 11 is 0. The van der Waals surface area contributed by atoms with Crippen molar-refractivity contribution in [1.29, 1.82) is 0 Å². The first-order valence-corrected chi connectivity index (χ1v) is 5.14. The third kappa shape index (κ3) is 2.93. The fourth-order valence-electron chi connectivity index (χ4n) is 1.86. The van der Waals surface area contributed by atoms with Crippen molar-refractivity contribution in [3.05, 3.63) is 0 Å². The maximum absolute atomic E-state index is 10.1. The molecular weight excluding hydrogens is 166 g/mol. The van der Waals surface area contributed by atoms with Gasteiger partial charge in [0.25, 0.3) is 0 Å². The van der Waals surface area contributed by atoms with Crippen LogP contribution in [0.15, 0.2) is 0 Å². The van der Waals surface area contributed by atoms with E-state index in [9.17, 15) is 5.11 Å². The zero-order valence-corrected chi connectivity index (χ0v) is 8.62. The van der Waals surface area contributed by atoms with E-state index in [1.54, 1.807) is 0 Å². The number of ether oxygens (including phenoxy) is 1. The monoisotopic (exact) mass is 187 g/mol. The molecule has 0 bridgehead atoms. The van der Waals surface area contributed by atoms with Gasteiger partial charge in [-0.15, -0.1) is 0 Å². The highest BCUT2D eigenvalue weighted by Gasteiger charge is 2.38. The van der Waals surface area contributed by atoms with Gasteiger partial charge >= 0.3 is 0 Å². The summed E-state index contributed by atoms with van der Waals surface area (Å²) in [7, 11) is 0. The predicted molar refractivity (Wildman–Crippen MR) is 52.5 cm³/mol. The van der Waals surface area contributed by atoms with Gasteiger partial charge in [-0.2, -0.15) is 0 Å². The lowest BCUT2D eigenvalue weighted by atomic mass is 9.95. The zero-order valence-electron chi connectivity index (χ0n) is 8.62. The Kier molecular flexibility index (Phi) is 3.71. The number of aliphatic hydroxyl groups is 1. The third-order valence-electron chi connectivity index (χ3n) is 2.80. The average Bonchev–Trinajstić information content (AvgIpc) is 2.32. The standard InChI is InChI=1S/C10H21NO2/c1-8(2)13-7-6-10(12)5-3-4-9(10)11/h8-9,12H,3-7,11H2,1-2H3. The molecule has 2 unspecified atom stereocenters. The molecule has 0 aromatic rings. The van der Waals surface area contributed by atoms with Gasteiger partial charge in [0.1, 0.15) is 0 Å². The molecule has 0 amide bonds. The second-order valence-corrected chi connectivity index (χ2v) is 4.27. The first-order valence-electron chi connectivity index (χ1n) is 5.14. The van der Waals surface area contributed by atoms with E-state index in [0.717, 1.165) is 19.3 Å². The number of rotatable bonds is 4. The lowest BCUT2D eigenvalue weighted by Gasteiger charge is -2.27. The maximum Gasteiger partial charge on any atom is 0.0819 e. The Morgan fingerprint density at radius 2 is 2.31 bits per heavy atom. The summed E-state index contributed by atoms with van der Waals surface area (Å²) in [6.45, 7) is 4.61. The highest BCUT2D eigenvalue weighted by atomic mass is 16.5. The van der Waals surface area contributed by atoms with Gasteiger partial charge in [-0.25, -0.2) is 0 Å². The minimum absolute atomic E-state index is 0.0525. The Bertz CT molecular complexity index is 161. The maximum atomic E-state index is 10.1. The largest absolute Gasteiger partial charge is 0.388 e. The lowest BCUT2D eigenvalue weighted by molar-refractivity contribution is -0.0180. The van der Waals surface area contributed by atoms with E-state index in [1.807, 2.05) is 13.8 Å². The van der Waals surface area contributed by atoms with E-state index in [4.69, 9.17) is 10.5 Å². The van der Waals surface area contributed by atoms with Crippen LogP contribution in [0.25, 0.3) is 0 Å². The molecule has 0 aliphatic heterocycles. The Morgan fingerprint density at radius 3 is 2.77 bits per heavy atom. The van der Waals surface area contributed by atoms with Crippen LogP contribution in [0.3, 0.4) is 0 Å². The van der Waals surface area contributed by atoms with Crippen LogP contribution in [0.1, 0.15) is 39.5 Å². The summed E-state index contributed by atoms with van der Waals surface area (Å²) in [4.78, 5) is 0. The second kappa shape index (κ2) is 4.40. The molecule has 1 aliphatic carbocycles. The first-order chi connectivity index (χ1) is 6.04. The van der Waals surface area contributed by atoms with Gasteiger partial charge < -0.3 is 15.6 Å². The van der Waals surface area contributed by atoms with Gasteiger partial charge in [0.05, 0.1) is 11.7 Å². The quantitative estimate of drug-likeness (QED) is 0.691. The molecule has 0 aromatic heterocycles. The second-order valence-electron chi connectivity index (χ2n) is 4.27. The van der Waals surface area contributed by atoms with E-state index in [1.165, 1.54) is 0 Å². The molecule has 0 spiro atoms. The molecule has 2 atom stereocenters. The van der Waals surface area contributed by atoms with Gasteiger partial charge in [0, 0.05) is 19.1 Å². The summed E-state index contributed by atoms with van der Waals surface area (Å²) in [5.41, 5.74) is 5.17. The number of nitrogens with two attached hydrogens (primary N) is 1. The molecule has 3 nitrogen and oxygen atoms in total. The van der Waals surface area contributed by atoms with Crippen molar-refractivity contribution in [3.8, 4) is 0 Å². The fraction of sp³-hybridized carbons (Fsp3) is 1.00. The van der Waals surface area contributed by atoms with E-state index in [-0.39, 0.29) is 12.1 Å². The van der Waals surface area contributed by atoms with Crippen LogP contribution < -0.4 is 5.73 Å². The van der Waals surface area contributed by atoms with E-state index in [0.29, 0.717) is 13.0 Å². The molecule has 0 heterocycles. The minimum Gasteiger partial charge on any atom is -0.388 e. The molecular formula is C10H21NO2. The van der Waals surface area contributed by atoms with Crippen molar-refractivity contribution in [2.24, 2.45) is 5.73 Å². The van der Waals surface area contributed by atoms with Crippen LogP contribution in [0.5, 0.6) is 0 Å². The minimum atomic E-state index is -0.658. The zero-order chi connectivity index (χ0) is 9.90. The molecule has 1 fully saturated rings. The number of hydrogen-bond donors (Lipinski definition) is 2. The van der Waals surface area contributed by atoms with Crippen molar-refractivity contribution in [2.75, 3.05) is 6.61 Å². The van der Waals surface area contributed by atoms with Crippen LogP contribution in [0, 0.1) is 0 Å². The fourth-order valence-corrected chi connectivity index (χ4v) is 1.86. The Hall–Kier alpha value is -0.120. The first kappa shape index (κ1) is 11.0. The van der Waals surface area contributed by atoms with Crippen LogP contribution in [0.4, 0.5) is 0 Å². The van der Waals surface area contributed by atoms with Crippen molar-refractivity contribution >= 4 is 0 Å². The summed E-state index contributed by atoms with van der Waals surface area (Å²) in [6.07, 6.45) is 3.72. The molecule has 0 saturated heterocycles. The van der Waals surface area contributed by atoms with Gasteiger partial charge in [-0.05, 0) is 33.1 Å². The predicted octanol–water partition coefficient (Wildman–Crippen LogP) is 1.04.